The molecule has 1 fully saturated rings. The van der Waals surface area contributed by atoms with Crippen LogP contribution >= 0.6 is 11.3 Å². The zero-order valence-electron chi connectivity index (χ0n) is 5.63. The first-order valence-electron chi connectivity index (χ1n) is 3.38. The lowest BCUT2D eigenvalue weighted by Gasteiger charge is -2.01. The molecule has 1 heteroatoms. The van der Waals surface area contributed by atoms with Crippen molar-refractivity contribution in [3.05, 3.63) is 22.4 Å². The minimum atomic E-state index is 0.153. The first kappa shape index (κ1) is 6.00. The van der Waals surface area contributed by atoms with E-state index in [0.29, 0.717) is 0 Å². The molecule has 1 saturated carbocycles. The highest BCUT2D eigenvalue weighted by molar-refractivity contribution is 7.08. The fourth-order valence-electron chi connectivity index (χ4n) is 1.18. The van der Waals surface area contributed by atoms with Crippen molar-refractivity contribution in [2.75, 3.05) is 0 Å². The van der Waals surface area contributed by atoms with Crippen molar-refractivity contribution >= 4 is 11.3 Å². The molecule has 0 aliphatic heterocycles. The van der Waals surface area contributed by atoms with Gasteiger partial charge in [-0.1, -0.05) is 5.92 Å². The molecular weight excluding hydrogens is 140 g/mol. The molecule has 0 spiro atoms. The molecule has 0 bridgehead atoms. The fraction of sp³-hybridized carbons (Fsp3) is 0.333. The Hall–Kier alpha value is -0.740. The van der Waals surface area contributed by atoms with E-state index in [-0.39, 0.29) is 5.41 Å². The first-order valence-corrected chi connectivity index (χ1v) is 4.32. The molecule has 1 aliphatic rings. The van der Waals surface area contributed by atoms with Gasteiger partial charge in [0.15, 0.2) is 0 Å². The van der Waals surface area contributed by atoms with Gasteiger partial charge in [-0.25, -0.2) is 0 Å². The van der Waals surface area contributed by atoms with E-state index in [9.17, 15) is 0 Å². The number of rotatable bonds is 1. The minimum Gasteiger partial charge on any atom is -0.152 e. The van der Waals surface area contributed by atoms with E-state index in [1.165, 1.54) is 18.4 Å². The molecule has 0 N–H and O–H groups in total. The molecule has 1 aromatic rings. The molecule has 0 aromatic carbocycles. The maximum Gasteiger partial charge on any atom is 0.0569 e. The van der Waals surface area contributed by atoms with E-state index in [1.807, 2.05) is 0 Å². The van der Waals surface area contributed by atoms with Gasteiger partial charge < -0.3 is 0 Å². The van der Waals surface area contributed by atoms with E-state index < -0.39 is 0 Å². The van der Waals surface area contributed by atoms with Gasteiger partial charge in [0, 0.05) is 0 Å². The van der Waals surface area contributed by atoms with Crippen molar-refractivity contribution in [2.24, 2.45) is 0 Å². The van der Waals surface area contributed by atoms with Crippen LogP contribution in [0.4, 0.5) is 0 Å². The molecule has 50 valence electrons. The van der Waals surface area contributed by atoms with Crippen LogP contribution in [0.3, 0.4) is 0 Å². The first-order chi connectivity index (χ1) is 4.87. The Balaban J connectivity index is 2.38. The second kappa shape index (κ2) is 1.87. The number of terminal acetylenes is 1. The number of thiophene rings is 1. The molecule has 0 saturated heterocycles. The summed E-state index contributed by atoms with van der Waals surface area (Å²) >= 11 is 1.73. The van der Waals surface area contributed by atoms with Gasteiger partial charge in [-0.05, 0) is 35.2 Å². The van der Waals surface area contributed by atoms with Gasteiger partial charge in [0.2, 0.25) is 0 Å². The smallest absolute Gasteiger partial charge is 0.0569 e. The third-order valence-electron chi connectivity index (χ3n) is 2.10. The van der Waals surface area contributed by atoms with Crippen molar-refractivity contribution < 1.29 is 0 Å². The largest absolute Gasteiger partial charge is 0.152 e. The summed E-state index contributed by atoms with van der Waals surface area (Å²) in [6.07, 6.45) is 7.78. The lowest BCUT2D eigenvalue weighted by molar-refractivity contribution is 0.939. The van der Waals surface area contributed by atoms with Crippen LogP contribution in [0, 0.1) is 12.3 Å². The van der Waals surface area contributed by atoms with Gasteiger partial charge in [0.1, 0.15) is 0 Å². The summed E-state index contributed by atoms with van der Waals surface area (Å²) in [5, 5.41) is 4.25. The van der Waals surface area contributed by atoms with E-state index in [1.54, 1.807) is 11.3 Å². The molecule has 0 atom stereocenters. The fourth-order valence-corrected chi connectivity index (χ4v) is 1.93. The monoisotopic (exact) mass is 148 g/mol. The van der Waals surface area contributed by atoms with Gasteiger partial charge in [0.05, 0.1) is 5.41 Å². The van der Waals surface area contributed by atoms with E-state index in [4.69, 9.17) is 6.42 Å². The second-order valence-corrected chi connectivity index (χ2v) is 3.52. The summed E-state index contributed by atoms with van der Waals surface area (Å²) in [5.74, 6) is 2.86. The van der Waals surface area contributed by atoms with Gasteiger partial charge in [-0.3, -0.25) is 0 Å². The quantitative estimate of drug-likeness (QED) is 0.536. The van der Waals surface area contributed by atoms with Gasteiger partial charge >= 0.3 is 0 Å². The molecular formula is C9H8S. The Kier molecular flexibility index (Phi) is 1.12. The molecule has 1 heterocycles. The SMILES string of the molecule is C#CC1(c2ccsc2)CC1. The molecule has 2 rings (SSSR count). The highest BCUT2D eigenvalue weighted by Gasteiger charge is 2.42. The van der Waals surface area contributed by atoms with Crippen LogP contribution in [0.1, 0.15) is 18.4 Å². The predicted molar refractivity (Wildman–Crippen MR) is 44.1 cm³/mol. The summed E-state index contributed by atoms with van der Waals surface area (Å²) in [6, 6.07) is 2.14. The van der Waals surface area contributed by atoms with Crippen LogP contribution < -0.4 is 0 Å². The van der Waals surface area contributed by atoms with Crippen LogP contribution in [-0.4, -0.2) is 0 Å². The van der Waals surface area contributed by atoms with Crippen LogP contribution in [0.2, 0.25) is 0 Å². The normalized spacial score (nSPS) is 19.9. The number of hydrogen-bond acceptors (Lipinski definition) is 1. The number of hydrogen-bond donors (Lipinski definition) is 0. The third kappa shape index (κ3) is 0.693. The molecule has 1 aromatic heterocycles. The van der Waals surface area contributed by atoms with Crippen molar-refractivity contribution in [1.29, 1.82) is 0 Å². The summed E-state index contributed by atoms with van der Waals surface area (Å²) in [4.78, 5) is 0. The van der Waals surface area contributed by atoms with E-state index >= 15 is 0 Å². The standard InChI is InChI=1S/C9H8S/c1-2-9(4-5-9)8-3-6-10-7-8/h1,3,6-7H,4-5H2. The zero-order valence-corrected chi connectivity index (χ0v) is 6.45. The van der Waals surface area contributed by atoms with Crippen molar-refractivity contribution in [3.63, 3.8) is 0 Å². The Bertz CT molecular complexity index is 259. The lowest BCUT2D eigenvalue weighted by Crippen LogP contribution is -1.98. The van der Waals surface area contributed by atoms with Gasteiger partial charge in [-0.15, -0.1) is 6.42 Å². The summed E-state index contributed by atoms with van der Waals surface area (Å²) in [6.45, 7) is 0. The average Bonchev–Trinajstić information content (AvgIpc) is 2.58. The van der Waals surface area contributed by atoms with Crippen molar-refractivity contribution in [1.82, 2.24) is 0 Å². The Morgan fingerprint density at radius 2 is 2.40 bits per heavy atom. The molecule has 0 nitrogen and oxygen atoms in total. The Morgan fingerprint density at radius 3 is 2.80 bits per heavy atom. The van der Waals surface area contributed by atoms with Crippen LogP contribution in [-0.2, 0) is 5.41 Å². The van der Waals surface area contributed by atoms with Gasteiger partial charge in [-0.2, -0.15) is 11.3 Å². The molecule has 0 unspecified atom stereocenters. The minimum absolute atomic E-state index is 0.153. The zero-order chi connectivity index (χ0) is 7.03. The average molecular weight is 148 g/mol. The van der Waals surface area contributed by atoms with Crippen molar-refractivity contribution in [3.8, 4) is 12.3 Å². The second-order valence-electron chi connectivity index (χ2n) is 2.74. The Morgan fingerprint density at radius 1 is 1.60 bits per heavy atom. The van der Waals surface area contributed by atoms with E-state index in [0.717, 1.165) is 0 Å². The topological polar surface area (TPSA) is 0 Å². The molecule has 10 heavy (non-hydrogen) atoms. The van der Waals surface area contributed by atoms with Crippen molar-refractivity contribution in [2.45, 2.75) is 18.3 Å². The van der Waals surface area contributed by atoms with Crippen LogP contribution in [0.25, 0.3) is 0 Å². The molecule has 1 aliphatic carbocycles. The maximum atomic E-state index is 5.41. The highest BCUT2D eigenvalue weighted by atomic mass is 32.1. The summed E-state index contributed by atoms with van der Waals surface area (Å²) in [7, 11) is 0. The maximum absolute atomic E-state index is 5.41. The summed E-state index contributed by atoms with van der Waals surface area (Å²) in [5.41, 5.74) is 1.50. The molecule has 0 radical (unpaired) electrons. The predicted octanol–water partition coefficient (Wildman–Crippen LogP) is 2.41. The Labute approximate surface area is 64.9 Å². The third-order valence-corrected chi connectivity index (χ3v) is 2.78. The van der Waals surface area contributed by atoms with Crippen LogP contribution in [0.5, 0.6) is 0 Å². The molecule has 0 amide bonds. The van der Waals surface area contributed by atoms with Gasteiger partial charge in [0.25, 0.3) is 0 Å². The van der Waals surface area contributed by atoms with Crippen LogP contribution in [0.15, 0.2) is 16.8 Å². The highest BCUT2D eigenvalue weighted by Crippen LogP contribution is 2.47. The lowest BCUT2D eigenvalue weighted by atomic mass is 10.0. The van der Waals surface area contributed by atoms with E-state index in [2.05, 4.69) is 22.7 Å². The summed E-state index contributed by atoms with van der Waals surface area (Å²) < 4.78 is 0.